The Morgan fingerprint density at radius 3 is 2.71 bits per heavy atom. The summed E-state index contributed by atoms with van der Waals surface area (Å²) in [6.07, 6.45) is 4.66. The van der Waals surface area contributed by atoms with Crippen molar-refractivity contribution >= 4 is 6.03 Å². The number of urea groups is 1. The molecule has 3 rings (SSSR count). The van der Waals surface area contributed by atoms with Crippen molar-refractivity contribution in [3.8, 4) is 0 Å². The Kier molecular flexibility index (Phi) is 5.13. The van der Waals surface area contributed by atoms with Crippen molar-refractivity contribution in [1.82, 2.24) is 25.3 Å². The van der Waals surface area contributed by atoms with Crippen LogP contribution in [0.2, 0.25) is 0 Å². The topological polar surface area (TPSA) is 62.2 Å². The first-order valence-electron chi connectivity index (χ1n) is 9.20. The third kappa shape index (κ3) is 4.29. The number of amides is 2. The van der Waals surface area contributed by atoms with Crippen LogP contribution in [0.3, 0.4) is 0 Å². The lowest BCUT2D eigenvalue weighted by Gasteiger charge is -2.19. The Morgan fingerprint density at radius 1 is 1.33 bits per heavy atom. The maximum Gasteiger partial charge on any atom is 0.315 e. The zero-order chi connectivity index (χ0) is 17.3. The van der Waals surface area contributed by atoms with Gasteiger partial charge in [0.1, 0.15) is 0 Å². The molecule has 1 saturated heterocycles. The second-order valence-corrected chi connectivity index (χ2v) is 7.68. The number of rotatable bonds is 6. The van der Waals surface area contributed by atoms with Crippen LogP contribution in [-0.4, -0.2) is 52.4 Å². The van der Waals surface area contributed by atoms with Gasteiger partial charge in [-0.2, -0.15) is 5.10 Å². The molecule has 6 nitrogen and oxygen atoms in total. The number of aromatic nitrogens is 2. The molecule has 24 heavy (non-hydrogen) atoms. The van der Waals surface area contributed by atoms with E-state index < -0.39 is 0 Å². The van der Waals surface area contributed by atoms with Crippen molar-refractivity contribution in [1.29, 1.82) is 0 Å². The number of hydrogen-bond donors (Lipinski definition) is 2. The molecule has 2 atom stereocenters. The molecule has 1 aliphatic heterocycles. The third-order valence-electron chi connectivity index (χ3n) is 5.37. The molecule has 2 N–H and O–H groups in total. The molecular formula is C18H31N5O. The molecule has 0 radical (unpaired) electrons. The number of nitrogens with one attached hydrogen (secondary N) is 2. The van der Waals surface area contributed by atoms with Gasteiger partial charge < -0.3 is 15.5 Å². The molecule has 2 amide bonds. The van der Waals surface area contributed by atoms with Crippen LogP contribution in [0, 0.1) is 19.8 Å². The molecule has 2 fully saturated rings. The summed E-state index contributed by atoms with van der Waals surface area (Å²) in [5.74, 6) is 0.920. The van der Waals surface area contributed by atoms with Crippen molar-refractivity contribution in [3.05, 3.63) is 17.0 Å². The van der Waals surface area contributed by atoms with Gasteiger partial charge in [-0.25, -0.2) is 4.79 Å². The standard InChI is InChI=1S/C18H31N5O/c1-12(9-17-13(2)21-22(4)14(17)3)19-18(24)20-16-7-8-23(11-16)10-15-5-6-15/h12,15-16H,5-11H2,1-4H3,(H2,19,20,24). The van der Waals surface area contributed by atoms with Gasteiger partial charge in [-0.1, -0.05) is 0 Å². The van der Waals surface area contributed by atoms with Gasteiger partial charge >= 0.3 is 6.03 Å². The summed E-state index contributed by atoms with van der Waals surface area (Å²) in [5.41, 5.74) is 3.46. The molecule has 1 aromatic rings. The van der Waals surface area contributed by atoms with Crippen LogP contribution < -0.4 is 10.6 Å². The summed E-state index contributed by atoms with van der Waals surface area (Å²) >= 11 is 0. The Hall–Kier alpha value is -1.56. The van der Waals surface area contributed by atoms with E-state index in [9.17, 15) is 4.79 Å². The quantitative estimate of drug-likeness (QED) is 0.834. The number of likely N-dealkylation sites (tertiary alicyclic amines) is 1. The highest BCUT2D eigenvalue weighted by atomic mass is 16.2. The molecule has 0 spiro atoms. The van der Waals surface area contributed by atoms with Crippen molar-refractivity contribution in [2.45, 2.75) is 58.5 Å². The van der Waals surface area contributed by atoms with Gasteiger partial charge in [-0.3, -0.25) is 4.68 Å². The fourth-order valence-corrected chi connectivity index (χ4v) is 3.70. The Bertz CT molecular complexity index is 592. The second kappa shape index (κ2) is 7.13. The van der Waals surface area contributed by atoms with E-state index in [1.165, 1.54) is 30.6 Å². The van der Waals surface area contributed by atoms with Crippen molar-refractivity contribution in [3.63, 3.8) is 0 Å². The smallest absolute Gasteiger partial charge is 0.315 e. The van der Waals surface area contributed by atoms with E-state index in [0.717, 1.165) is 37.5 Å². The maximum atomic E-state index is 12.3. The number of nitrogens with zero attached hydrogens (tertiary/aromatic N) is 3. The molecule has 134 valence electrons. The highest BCUT2D eigenvalue weighted by Gasteiger charge is 2.29. The van der Waals surface area contributed by atoms with E-state index in [4.69, 9.17) is 0 Å². The Balaban J connectivity index is 1.42. The Morgan fingerprint density at radius 2 is 2.08 bits per heavy atom. The molecule has 0 aromatic carbocycles. The van der Waals surface area contributed by atoms with Gasteiger partial charge in [0.15, 0.2) is 0 Å². The first-order valence-corrected chi connectivity index (χ1v) is 9.20. The number of carbonyl (C=O) groups excluding carboxylic acids is 1. The van der Waals surface area contributed by atoms with Gasteiger partial charge in [0.25, 0.3) is 0 Å². The Labute approximate surface area is 145 Å². The van der Waals surface area contributed by atoms with E-state index in [1.54, 1.807) is 0 Å². The zero-order valence-corrected chi connectivity index (χ0v) is 15.4. The largest absolute Gasteiger partial charge is 0.335 e. The molecule has 1 aromatic heterocycles. The highest BCUT2D eigenvalue weighted by Crippen LogP contribution is 2.30. The molecule has 0 bridgehead atoms. The molecule has 1 saturated carbocycles. The fourth-order valence-electron chi connectivity index (χ4n) is 3.70. The normalized spacial score (nSPS) is 22.6. The molecule has 1 aliphatic carbocycles. The van der Waals surface area contributed by atoms with Gasteiger partial charge in [0.2, 0.25) is 0 Å². The van der Waals surface area contributed by atoms with E-state index in [0.29, 0.717) is 0 Å². The zero-order valence-electron chi connectivity index (χ0n) is 15.4. The molecule has 2 unspecified atom stereocenters. The molecule has 2 aliphatic rings. The predicted molar refractivity (Wildman–Crippen MR) is 95.1 cm³/mol. The minimum Gasteiger partial charge on any atom is -0.335 e. The van der Waals surface area contributed by atoms with E-state index >= 15 is 0 Å². The summed E-state index contributed by atoms with van der Waals surface area (Å²) in [7, 11) is 1.96. The van der Waals surface area contributed by atoms with Gasteiger partial charge in [0, 0.05) is 44.5 Å². The second-order valence-electron chi connectivity index (χ2n) is 7.68. The first kappa shape index (κ1) is 17.3. The summed E-state index contributed by atoms with van der Waals surface area (Å²) in [6.45, 7) is 9.50. The SMILES string of the molecule is Cc1nn(C)c(C)c1CC(C)NC(=O)NC1CCN(CC2CC2)C1. The van der Waals surface area contributed by atoms with E-state index in [1.807, 2.05) is 18.7 Å². The lowest BCUT2D eigenvalue weighted by molar-refractivity contribution is 0.233. The van der Waals surface area contributed by atoms with Crippen LogP contribution in [0.5, 0.6) is 0 Å². The lowest BCUT2D eigenvalue weighted by atomic mass is 10.1. The van der Waals surface area contributed by atoms with Crippen LogP contribution in [0.15, 0.2) is 0 Å². The highest BCUT2D eigenvalue weighted by molar-refractivity contribution is 5.74. The van der Waals surface area contributed by atoms with E-state index in [-0.39, 0.29) is 18.1 Å². The van der Waals surface area contributed by atoms with Crippen LogP contribution in [0.25, 0.3) is 0 Å². The molecular weight excluding hydrogens is 302 g/mol. The maximum absolute atomic E-state index is 12.3. The first-order chi connectivity index (χ1) is 11.4. The number of aryl methyl sites for hydroxylation is 2. The summed E-state index contributed by atoms with van der Waals surface area (Å²) in [5, 5.41) is 10.7. The van der Waals surface area contributed by atoms with Crippen LogP contribution in [0.4, 0.5) is 4.79 Å². The van der Waals surface area contributed by atoms with Gasteiger partial charge in [-0.05, 0) is 57.9 Å². The van der Waals surface area contributed by atoms with Crippen molar-refractivity contribution < 1.29 is 4.79 Å². The average Bonchev–Trinajstić information content (AvgIpc) is 3.16. The summed E-state index contributed by atoms with van der Waals surface area (Å²) in [4.78, 5) is 14.7. The molecule has 6 heteroatoms. The fraction of sp³-hybridized carbons (Fsp3) is 0.778. The van der Waals surface area contributed by atoms with Crippen LogP contribution >= 0.6 is 0 Å². The van der Waals surface area contributed by atoms with Crippen molar-refractivity contribution in [2.24, 2.45) is 13.0 Å². The number of carbonyl (C=O) groups is 1. The summed E-state index contributed by atoms with van der Waals surface area (Å²) in [6, 6.07) is 0.341. The minimum absolute atomic E-state index is 0.0417. The third-order valence-corrected chi connectivity index (χ3v) is 5.37. The van der Waals surface area contributed by atoms with Crippen LogP contribution in [0.1, 0.15) is 43.1 Å². The van der Waals surface area contributed by atoms with E-state index in [2.05, 4.69) is 34.5 Å². The van der Waals surface area contributed by atoms with Crippen molar-refractivity contribution in [2.75, 3.05) is 19.6 Å². The van der Waals surface area contributed by atoms with Gasteiger partial charge in [-0.15, -0.1) is 0 Å². The predicted octanol–water partition coefficient (Wildman–Crippen LogP) is 1.75. The number of hydrogen-bond acceptors (Lipinski definition) is 3. The summed E-state index contributed by atoms with van der Waals surface area (Å²) < 4.78 is 1.91. The average molecular weight is 333 g/mol. The monoisotopic (exact) mass is 333 g/mol. The molecule has 2 heterocycles. The lowest BCUT2D eigenvalue weighted by Crippen LogP contribution is -2.47. The minimum atomic E-state index is -0.0417. The van der Waals surface area contributed by atoms with Gasteiger partial charge in [0.05, 0.1) is 5.69 Å². The van der Waals surface area contributed by atoms with Crippen LogP contribution in [-0.2, 0) is 13.5 Å².